The van der Waals surface area contributed by atoms with Gasteiger partial charge in [0, 0.05) is 12.0 Å². The molecule has 1 aromatic carbocycles. The van der Waals surface area contributed by atoms with Crippen LogP contribution in [0.3, 0.4) is 0 Å². The lowest BCUT2D eigenvalue weighted by atomic mass is 10.1. The quantitative estimate of drug-likeness (QED) is 0.555. The summed E-state index contributed by atoms with van der Waals surface area (Å²) in [6, 6.07) is 3.69. The predicted molar refractivity (Wildman–Crippen MR) is 40.5 cm³/mol. The van der Waals surface area contributed by atoms with Crippen molar-refractivity contribution >= 4 is 0 Å². The van der Waals surface area contributed by atoms with E-state index >= 15 is 0 Å². The molecule has 0 aromatic heterocycles. The van der Waals surface area contributed by atoms with E-state index in [4.69, 9.17) is 4.74 Å². The van der Waals surface area contributed by atoms with Gasteiger partial charge in [-0.1, -0.05) is 6.07 Å². The van der Waals surface area contributed by atoms with Crippen LogP contribution in [0.5, 0.6) is 11.5 Å². The summed E-state index contributed by atoms with van der Waals surface area (Å²) < 4.78 is 5.23. The molecule has 1 aliphatic heterocycles. The maximum atomic E-state index is 11.4. The molecule has 2 nitrogen and oxygen atoms in total. The highest BCUT2D eigenvalue weighted by atomic mass is 16.5. The van der Waals surface area contributed by atoms with E-state index in [1.54, 1.807) is 0 Å². The summed E-state index contributed by atoms with van der Waals surface area (Å²) in [6.07, 6.45) is 0.774. The molecule has 0 saturated carbocycles. The Hall–Kier alpha value is -1.18. The summed E-state index contributed by atoms with van der Waals surface area (Å²) in [4.78, 5) is 0. The van der Waals surface area contributed by atoms with Gasteiger partial charge in [-0.3, -0.25) is 5.11 Å². The molecule has 1 aromatic rings. The summed E-state index contributed by atoms with van der Waals surface area (Å²) in [6.45, 7) is 2.50. The van der Waals surface area contributed by atoms with Gasteiger partial charge in [0.05, 0.1) is 6.61 Å². The molecule has 0 N–H and O–H groups in total. The van der Waals surface area contributed by atoms with Crippen LogP contribution in [-0.2, 0) is 11.5 Å². The second kappa shape index (κ2) is 2.16. The third-order valence-corrected chi connectivity index (χ3v) is 2.02. The van der Waals surface area contributed by atoms with Gasteiger partial charge in [0.25, 0.3) is 0 Å². The minimum Gasteiger partial charge on any atom is -0.493 e. The Bertz CT molecular complexity index is 292. The van der Waals surface area contributed by atoms with Gasteiger partial charge < -0.3 is 4.74 Å². The number of hydrogen-bond acceptors (Lipinski definition) is 1. The second-order valence-corrected chi connectivity index (χ2v) is 2.79. The molecule has 0 bridgehead atoms. The van der Waals surface area contributed by atoms with Gasteiger partial charge in [-0.25, -0.2) is 0 Å². The van der Waals surface area contributed by atoms with E-state index in [2.05, 4.69) is 0 Å². The number of aryl methyl sites for hydroxylation is 1. The Labute approximate surface area is 65.4 Å². The van der Waals surface area contributed by atoms with Crippen LogP contribution in [0.2, 0.25) is 0 Å². The van der Waals surface area contributed by atoms with E-state index in [1.807, 2.05) is 19.1 Å². The maximum Gasteiger partial charge on any atom is 0.188 e. The van der Waals surface area contributed by atoms with Crippen molar-refractivity contribution in [3.63, 3.8) is 0 Å². The fraction of sp³-hybridized carbons (Fsp3) is 0.333. The molecule has 11 heavy (non-hydrogen) atoms. The van der Waals surface area contributed by atoms with E-state index in [1.165, 1.54) is 0 Å². The maximum absolute atomic E-state index is 11.4. The molecular weight excluding hydrogens is 140 g/mol. The lowest BCUT2D eigenvalue weighted by molar-refractivity contribution is 0.347. The zero-order valence-electron chi connectivity index (χ0n) is 6.39. The highest BCUT2D eigenvalue weighted by Crippen LogP contribution is 2.35. The summed E-state index contributed by atoms with van der Waals surface area (Å²) in [5.74, 6) is 0.931. The Morgan fingerprint density at radius 2 is 2.27 bits per heavy atom. The average Bonchev–Trinajstić information content (AvgIpc) is 2.45. The fourth-order valence-electron chi connectivity index (χ4n) is 1.36. The van der Waals surface area contributed by atoms with Gasteiger partial charge in [0.15, 0.2) is 5.75 Å². The number of rotatable bonds is 0. The molecule has 2 rings (SSSR count). The third kappa shape index (κ3) is 0.862. The molecule has 0 unspecified atom stereocenters. The number of benzene rings is 1. The van der Waals surface area contributed by atoms with Crippen molar-refractivity contribution in [3.8, 4) is 11.5 Å². The number of ether oxygens (including phenoxy) is 1. The first-order valence-corrected chi connectivity index (χ1v) is 3.71. The van der Waals surface area contributed by atoms with E-state index in [-0.39, 0.29) is 5.75 Å². The van der Waals surface area contributed by atoms with Crippen molar-refractivity contribution in [2.24, 2.45) is 0 Å². The zero-order chi connectivity index (χ0) is 7.84. The summed E-state index contributed by atoms with van der Waals surface area (Å²) >= 11 is 0. The third-order valence-electron chi connectivity index (χ3n) is 2.02. The van der Waals surface area contributed by atoms with Gasteiger partial charge in [-0.2, -0.15) is 0 Å². The van der Waals surface area contributed by atoms with Gasteiger partial charge in [0.1, 0.15) is 5.75 Å². The van der Waals surface area contributed by atoms with Crippen LogP contribution >= 0.6 is 0 Å². The summed E-state index contributed by atoms with van der Waals surface area (Å²) in [5.41, 5.74) is 1.67. The van der Waals surface area contributed by atoms with Crippen LogP contribution in [0.1, 0.15) is 11.1 Å². The van der Waals surface area contributed by atoms with Gasteiger partial charge in [-0.15, -0.1) is 0 Å². The Kier molecular flexibility index (Phi) is 1.28. The first kappa shape index (κ1) is 6.53. The topological polar surface area (TPSA) is 29.1 Å². The van der Waals surface area contributed by atoms with Crippen LogP contribution in [0.15, 0.2) is 12.1 Å². The summed E-state index contributed by atoms with van der Waals surface area (Å²) in [5, 5.41) is 11.4. The van der Waals surface area contributed by atoms with Crippen LogP contribution < -0.4 is 4.74 Å². The van der Waals surface area contributed by atoms with Gasteiger partial charge in [-0.05, 0) is 18.6 Å². The van der Waals surface area contributed by atoms with Crippen LogP contribution in [0.25, 0.3) is 0 Å². The van der Waals surface area contributed by atoms with Crippen molar-refractivity contribution < 1.29 is 9.84 Å². The van der Waals surface area contributed by atoms with E-state index in [0.717, 1.165) is 23.3 Å². The first-order chi connectivity index (χ1) is 5.29. The van der Waals surface area contributed by atoms with Crippen LogP contribution in [0, 0.1) is 6.92 Å². The monoisotopic (exact) mass is 149 g/mol. The normalized spacial score (nSPS) is 14.3. The molecule has 0 atom stereocenters. The molecule has 2 heteroatoms. The molecule has 0 saturated heterocycles. The number of fused-ring (bicyclic) bond motifs is 1. The largest absolute Gasteiger partial charge is 0.493 e. The number of hydrogen-bond donors (Lipinski definition) is 0. The zero-order valence-corrected chi connectivity index (χ0v) is 6.39. The van der Waals surface area contributed by atoms with Crippen molar-refractivity contribution in [1.82, 2.24) is 0 Å². The highest BCUT2D eigenvalue weighted by molar-refractivity contribution is 5.50. The minimum absolute atomic E-state index is 0.153. The lowest BCUT2D eigenvalue weighted by Gasteiger charge is -2.00. The second-order valence-electron chi connectivity index (χ2n) is 2.79. The van der Waals surface area contributed by atoms with Crippen molar-refractivity contribution in [1.29, 1.82) is 0 Å². The van der Waals surface area contributed by atoms with Crippen LogP contribution in [-0.4, -0.2) is 6.61 Å². The molecule has 0 amide bonds. The van der Waals surface area contributed by atoms with E-state index in [9.17, 15) is 5.11 Å². The smallest absolute Gasteiger partial charge is 0.188 e. The standard InChI is InChI=1S/C9H9O2/c1-6-2-3-8-7(9(6)10)4-5-11-8/h2-3H,4-5H2,1H3. The van der Waals surface area contributed by atoms with Gasteiger partial charge >= 0.3 is 0 Å². The molecule has 57 valence electrons. The Morgan fingerprint density at radius 1 is 1.45 bits per heavy atom. The minimum atomic E-state index is 0.153. The predicted octanol–water partition coefficient (Wildman–Crippen LogP) is 2.07. The molecule has 0 spiro atoms. The molecule has 0 aliphatic carbocycles. The fourth-order valence-corrected chi connectivity index (χ4v) is 1.36. The molecule has 0 fully saturated rings. The Morgan fingerprint density at radius 3 is 3.09 bits per heavy atom. The average molecular weight is 149 g/mol. The van der Waals surface area contributed by atoms with Crippen molar-refractivity contribution in [2.75, 3.05) is 6.61 Å². The van der Waals surface area contributed by atoms with Crippen LogP contribution in [0.4, 0.5) is 0 Å². The van der Waals surface area contributed by atoms with E-state index < -0.39 is 0 Å². The van der Waals surface area contributed by atoms with Crippen molar-refractivity contribution in [2.45, 2.75) is 13.3 Å². The Balaban J connectivity index is 2.62. The first-order valence-electron chi connectivity index (χ1n) is 3.71. The summed E-state index contributed by atoms with van der Waals surface area (Å²) in [7, 11) is 0. The van der Waals surface area contributed by atoms with E-state index in [0.29, 0.717) is 6.61 Å². The van der Waals surface area contributed by atoms with Crippen molar-refractivity contribution in [3.05, 3.63) is 23.3 Å². The molecular formula is C9H9O2. The SMILES string of the molecule is Cc1ccc2c(c1[O])CCO2. The van der Waals surface area contributed by atoms with Gasteiger partial charge in [0.2, 0.25) is 0 Å². The lowest BCUT2D eigenvalue weighted by Crippen LogP contribution is -1.85. The molecule has 1 heterocycles. The highest BCUT2D eigenvalue weighted by Gasteiger charge is 2.18. The molecule has 1 radical (unpaired) electrons. The molecule has 1 aliphatic rings.